The summed E-state index contributed by atoms with van der Waals surface area (Å²) in [6.07, 6.45) is 5.05. The smallest absolute Gasteiger partial charge is 0.191 e. The highest BCUT2D eigenvalue weighted by atomic mass is 127. The van der Waals surface area contributed by atoms with Crippen LogP contribution in [-0.2, 0) is 6.54 Å². The zero-order chi connectivity index (χ0) is 18.6. The van der Waals surface area contributed by atoms with E-state index in [1.165, 1.54) is 0 Å². The van der Waals surface area contributed by atoms with E-state index < -0.39 is 0 Å². The molecule has 0 saturated carbocycles. The van der Waals surface area contributed by atoms with E-state index in [1.807, 2.05) is 17.6 Å². The van der Waals surface area contributed by atoms with Crippen molar-refractivity contribution in [3.05, 3.63) is 29.1 Å². The number of aliphatic imine (C=N–C) groups is 1. The van der Waals surface area contributed by atoms with Crippen molar-refractivity contribution in [2.24, 2.45) is 4.99 Å². The second-order valence-electron chi connectivity index (χ2n) is 5.85. The molecule has 0 radical (unpaired) electrons. The molecule has 2 aromatic heterocycles. The molecule has 2 heterocycles. The van der Waals surface area contributed by atoms with E-state index in [0.717, 1.165) is 59.9 Å². The molecule has 0 fully saturated rings. The first kappa shape index (κ1) is 24.2. The van der Waals surface area contributed by atoms with E-state index >= 15 is 0 Å². The molecule has 0 atom stereocenters. The van der Waals surface area contributed by atoms with Gasteiger partial charge >= 0.3 is 0 Å². The topological polar surface area (TPSA) is 75.3 Å². The maximum absolute atomic E-state index is 5.44. The number of hydrogen-bond donors (Lipinski definition) is 2. The highest BCUT2D eigenvalue weighted by molar-refractivity contribution is 14.0. The predicted molar refractivity (Wildman–Crippen MR) is 126 cm³/mol. The molecule has 9 heteroatoms. The maximum Gasteiger partial charge on any atom is 0.191 e. The van der Waals surface area contributed by atoms with E-state index in [4.69, 9.17) is 4.52 Å². The Morgan fingerprint density at radius 2 is 2.11 bits per heavy atom. The quantitative estimate of drug-likeness (QED) is 0.144. The molecule has 0 aliphatic heterocycles. The molecule has 0 spiro atoms. The Balaban J connectivity index is 0.00000364. The fourth-order valence-electron chi connectivity index (χ4n) is 2.52. The van der Waals surface area contributed by atoms with Crippen LogP contribution < -0.4 is 10.6 Å². The summed E-state index contributed by atoms with van der Waals surface area (Å²) in [6.45, 7) is 8.63. The molecule has 2 rings (SSSR count). The van der Waals surface area contributed by atoms with Crippen molar-refractivity contribution in [3.8, 4) is 0 Å². The minimum Gasteiger partial charge on any atom is -0.359 e. The van der Waals surface area contributed by atoms with Crippen molar-refractivity contribution in [1.82, 2.24) is 20.8 Å². The van der Waals surface area contributed by atoms with Gasteiger partial charge in [0.2, 0.25) is 0 Å². The number of aromatic nitrogens is 2. The zero-order valence-corrected chi connectivity index (χ0v) is 20.2. The summed E-state index contributed by atoms with van der Waals surface area (Å²) >= 11 is 3.48. The molecule has 0 amide bonds. The summed E-state index contributed by atoms with van der Waals surface area (Å²) in [5, 5.41) is 12.8. The van der Waals surface area contributed by atoms with Gasteiger partial charge in [-0.25, -0.2) is 9.98 Å². The number of thioether (sulfide) groups is 1. The summed E-state index contributed by atoms with van der Waals surface area (Å²) in [5.41, 5.74) is 1.04. The lowest BCUT2D eigenvalue weighted by atomic mass is 9.99. The van der Waals surface area contributed by atoms with Crippen molar-refractivity contribution in [3.63, 3.8) is 0 Å². The van der Waals surface area contributed by atoms with Gasteiger partial charge in [-0.3, -0.25) is 0 Å². The number of guanidine groups is 1. The lowest BCUT2D eigenvalue weighted by Gasteiger charge is -2.10. The van der Waals surface area contributed by atoms with Gasteiger partial charge in [-0.1, -0.05) is 30.8 Å². The predicted octanol–water partition coefficient (Wildman–Crippen LogP) is 4.89. The molecule has 0 bridgehead atoms. The van der Waals surface area contributed by atoms with Crippen LogP contribution in [-0.4, -0.2) is 34.9 Å². The lowest BCUT2D eigenvalue weighted by molar-refractivity contribution is 0.372. The Hall–Kier alpha value is -0.810. The second-order valence-corrected chi connectivity index (χ2v) is 8.09. The lowest BCUT2D eigenvalue weighted by Crippen LogP contribution is -2.37. The third-order valence-electron chi connectivity index (χ3n) is 3.97. The number of hydrogen-bond acceptors (Lipinski definition) is 6. The van der Waals surface area contributed by atoms with Gasteiger partial charge in [0.25, 0.3) is 0 Å². The number of halogens is 1. The minimum atomic E-state index is 0. The fraction of sp³-hybridized carbons (Fsp3) is 0.611. The van der Waals surface area contributed by atoms with Crippen molar-refractivity contribution >= 4 is 53.0 Å². The molecule has 2 N–H and O–H groups in total. The van der Waals surface area contributed by atoms with E-state index in [9.17, 15) is 0 Å². The number of rotatable bonds is 11. The first-order valence-electron chi connectivity index (χ1n) is 9.26. The minimum absolute atomic E-state index is 0. The fourth-order valence-corrected chi connectivity index (χ4v) is 4.17. The van der Waals surface area contributed by atoms with Gasteiger partial charge in [0.15, 0.2) is 11.7 Å². The van der Waals surface area contributed by atoms with Crippen molar-refractivity contribution in [1.29, 1.82) is 0 Å². The van der Waals surface area contributed by atoms with Gasteiger partial charge in [-0.05, 0) is 26.2 Å². The van der Waals surface area contributed by atoms with Crippen molar-refractivity contribution in [2.45, 2.75) is 56.8 Å². The van der Waals surface area contributed by atoms with Gasteiger partial charge in [-0.2, -0.15) is 0 Å². The summed E-state index contributed by atoms with van der Waals surface area (Å²) in [6, 6.07) is 2.04. The molecule has 152 valence electrons. The van der Waals surface area contributed by atoms with Crippen molar-refractivity contribution < 1.29 is 4.52 Å². The van der Waals surface area contributed by atoms with Gasteiger partial charge in [0, 0.05) is 42.4 Å². The largest absolute Gasteiger partial charge is 0.359 e. The third kappa shape index (κ3) is 8.82. The normalized spacial score (nSPS) is 11.5. The number of nitrogens with zero attached hydrogens (tertiary/aromatic N) is 3. The maximum atomic E-state index is 5.44. The summed E-state index contributed by atoms with van der Waals surface area (Å²) in [4.78, 5) is 8.88. The standard InChI is InChI=1S/C18H29N5OS2.HI/c1-4-14(5-2)16-12-15(24-23-16)13-22-17(19-6-3)20-8-7-10-25-18-21-9-11-26-18;/h9,11-12,14H,4-8,10,13H2,1-3H3,(H2,19,20,22);1H. The molecule has 6 nitrogen and oxygen atoms in total. The number of nitrogens with one attached hydrogen (secondary N) is 2. The Morgan fingerprint density at radius 3 is 2.78 bits per heavy atom. The van der Waals surface area contributed by atoms with Crippen LogP contribution in [0, 0.1) is 0 Å². The molecule has 27 heavy (non-hydrogen) atoms. The zero-order valence-electron chi connectivity index (χ0n) is 16.2. The Morgan fingerprint density at radius 1 is 1.30 bits per heavy atom. The molecule has 0 aromatic carbocycles. The third-order valence-corrected chi connectivity index (χ3v) is 6.02. The highest BCUT2D eigenvalue weighted by Crippen LogP contribution is 2.22. The van der Waals surface area contributed by atoms with E-state index in [1.54, 1.807) is 23.1 Å². The van der Waals surface area contributed by atoms with Crippen LogP contribution >= 0.6 is 47.1 Å². The molecule has 2 aromatic rings. The van der Waals surface area contributed by atoms with Crippen LogP contribution in [0.1, 0.15) is 57.4 Å². The SMILES string of the molecule is CCNC(=NCc1cc(C(CC)CC)no1)NCCCSc1nccs1.I. The van der Waals surface area contributed by atoms with Gasteiger partial charge < -0.3 is 15.2 Å². The molecular formula is C18H30IN5OS2. The van der Waals surface area contributed by atoms with Gasteiger partial charge in [0.1, 0.15) is 10.9 Å². The van der Waals surface area contributed by atoms with Crippen LogP contribution in [0.25, 0.3) is 0 Å². The summed E-state index contributed by atoms with van der Waals surface area (Å²) in [7, 11) is 0. The van der Waals surface area contributed by atoms with Crippen LogP contribution in [0.3, 0.4) is 0 Å². The van der Waals surface area contributed by atoms with Gasteiger partial charge in [0.05, 0.1) is 5.69 Å². The van der Waals surface area contributed by atoms with E-state index in [2.05, 4.69) is 46.5 Å². The second kappa shape index (κ2) is 14.2. The first-order valence-corrected chi connectivity index (χ1v) is 11.1. The van der Waals surface area contributed by atoms with Gasteiger partial charge in [-0.15, -0.1) is 35.3 Å². The Labute approximate surface area is 187 Å². The van der Waals surface area contributed by atoms with E-state index in [0.29, 0.717) is 12.5 Å². The Kier molecular flexibility index (Phi) is 12.8. The molecular weight excluding hydrogens is 493 g/mol. The van der Waals surface area contributed by atoms with Crippen LogP contribution in [0.4, 0.5) is 0 Å². The molecule has 0 unspecified atom stereocenters. The monoisotopic (exact) mass is 523 g/mol. The average Bonchev–Trinajstić information content (AvgIpc) is 3.32. The molecule has 0 saturated heterocycles. The summed E-state index contributed by atoms with van der Waals surface area (Å²) in [5.74, 6) is 3.13. The van der Waals surface area contributed by atoms with Crippen LogP contribution in [0.15, 0.2) is 31.5 Å². The van der Waals surface area contributed by atoms with Crippen LogP contribution in [0.5, 0.6) is 0 Å². The average molecular weight is 524 g/mol. The van der Waals surface area contributed by atoms with Crippen LogP contribution in [0.2, 0.25) is 0 Å². The first-order chi connectivity index (χ1) is 12.8. The van der Waals surface area contributed by atoms with E-state index in [-0.39, 0.29) is 24.0 Å². The summed E-state index contributed by atoms with van der Waals surface area (Å²) < 4.78 is 6.57. The highest BCUT2D eigenvalue weighted by Gasteiger charge is 2.12. The number of thiazole rings is 1. The molecule has 0 aliphatic carbocycles. The Bertz CT molecular complexity index is 644. The molecule has 0 aliphatic rings. The van der Waals surface area contributed by atoms with Crippen molar-refractivity contribution in [2.75, 3.05) is 18.8 Å².